The Morgan fingerprint density at radius 2 is 2.00 bits per heavy atom. The van der Waals surface area contributed by atoms with Gasteiger partial charge in [0.05, 0.1) is 0 Å². The van der Waals surface area contributed by atoms with Gasteiger partial charge in [-0.15, -0.1) is 0 Å². The third kappa shape index (κ3) is 7.52. The Morgan fingerprint density at radius 3 is 2.58 bits per heavy atom. The Morgan fingerprint density at radius 1 is 1.25 bits per heavy atom. The predicted molar refractivity (Wildman–Crippen MR) is 56.9 cm³/mol. The molecule has 70 valence electrons. The van der Waals surface area contributed by atoms with E-state index in [-0.39, 0.29) is 0 Å². The van der Waals surface area contributed by atoms with Crippen LogP contribution in [0.15, 0.2) is 17.1 Å². The Bertz CT molecular complexity index is 136. The summed E-state index contributed by atoms with van der Waals surface area (Å²) in [5.74, 6) is 0.834. The molecule has 0 aliphatic carbocycles. The van der Waals surface area contributed by atoms with E-state index in [1.807, 2.05) is 13.3 Å². The average Bonchev–Trinajstić information content (AvgIpc) is 2.10. The van der Waals surface area contributed by atoms with Gasteiger partial charge in [0.2, 0.25) is 0 Å². The highest BCUT2D eigenvalue weighted by molar-refractivity contribution is 5.56. The number of allylic oxidation sites excluding steroid dienone is 2. The van der Waals surface area contributed by atoms with E-state index in [9.17, 15) is 0 Å². The summed E-state index contributed by atoms with van der Waals surface area (Å²) >= 11 is 0. The highest BCUT2D eigenvalue weighted by Gasteiger charge is 1.92. The van der Waals surface area contributed by atoms with E-state index in [1.54, 1.807) is 0 Å². The van der Waals surface area contributed by atoms with Crippen LogP contribution in [-0.2, 0) is 0 Å². The average molecular weight is 167 g/mol. The van der Waals surface area contributed by atoms with E-state index in [1.165, 1.54) is 12.8 Å². The fourth-order valence-corrected chi connectivity index (χ4v) is 0.913. The van der Waals surface area contributed by atoms with Crippen LogP contribution >= 0.6 is 0 Å². The Hall–Kier alpha value is -0.590. The van der Waals surface area contributed by atoms with E-state index < -0.39 is 0 Å². The van der Waals surface area contributed by atoms with Crippen LogP contribution in [-0.4, -0.2) is 13.3 Å². The standard InChI is InChI=1S/C11H21N/c1-4-11(2)9-7-5-6-8-10-12-3/h5,7,10-11H,4,6,8-9H2,1-3H3/b7-5+,12-10-/t11-/m0/s1. The molecule has 1 nitrogen and oxygen atoms in total. The van der Waals surface area contributed by atoms with Gasteiger partial charge in [0.25, 0.3) is 0 Å². The van der Waals surface area contributed by atoms with E-state index in [0.29, 0.717) is 0 Å². The number of hydrogen-bond acceptors (Lipinski definition) is 1. The third-order valence-corrected chi connectivity index (χ3v) is 2.05. The van der Waals surface area contributed by atoms with Crippen LogP contribution in [0.2, 0.25) is 0 Å². The molecule has 0 heterocycles. The minimum Gasteiger partial charge on any atom is -0.301 e. The van der Waals surface area contributed by atoms with Crippen molar-refractivity contribution < 1.29 is 0 Å². The van der Waals surface area contributed by atoms with Gasteiger partial charge in [-0.1, -0.05) is 32.4 Å². The van der Waals surface area contributed by atoms with Crippen molar-refractivity contribution >= 4 is 6.21 Å². The van der Waals surface area contributed by atoms with Gasteiger partial charge in [0, 0.05) is 7.05 Å². The Labute approximate surface area is 76.6 Å². The summed E-state index contributed by atoms with van der Waals surface area (Å²) in [5.41, 5.74) is 0. The zero-order valence-electron chi connectivity index (χ0n) is 8.59. The van der Waals surface area contributed by atoms with Gasteiger partial charge in [0.15, 0.2) is 0 Å². The first-order valence-corrected chi connectivity index (χ1v) is 4.86. The van der Waals surface area contributed by atoms with Gasteiger partial charge < -0.3 is 4.99 Å². The molecule has 0 spiro atoms. The van der Waals surface area contributed by atoms with Crippen molar-refractivity contribution in [1.82, 2.24) is 0 Å². The first-order valence-electron chi connectivity index (χ1n) is 4.86. The molecule has 0 N–H and O–H groups in total. The normalized spacial score (nSPS) is 14.6. The van der Waals surface area contributed by atoms with E-state index in [2.05, 4.69) is 31.0 Å². The molecule has 0 aliphatic heterocycles. The molecule has 0 rings (SSSR count). The molecule has 0 saturated heterocycles. The summed E-state index contributed by atoms with van der Waals surface area (Å²) in [6.45, 7) is 4.53. The lowest BCUT2D eigenvalue weighted by Crippen LogP contribution is -1.87. The second-order valence-electron chi connectivity index (χ2n) is 3.24. The van der Waals surface area contributed by atoms with Gasteiger partial charge >= 0.3 is 0 Å². The molecule has 0 aromatic rings. The summed E-state index contributed by atoms with van der Waals surface area (Å²) in [4.78, 5) is 3.93. The topological polar surface area (TPSA) is 12.4 Å². The van der Waals surface area contributed by atoms with Crippen LogP contribution in [0.5, 0.6) is 0 Å². The maximum absolute atomic E-state index is 3.93. The van der Waals surface area contributed by atoms with Crippen molar-refractivity contribution in [3.05, 3.63) is 12.2 Å². The Balaban J connectivity index is 3.25. The fraction of sp³-hybridized carbons (Fsp3) is 0.727. The quantitative estimate of drug-likeness (QED) is 0.326. The molecular weight excluding hydrogens is 146 g/mol. The van der Waals surface area contributed by atoms with Crippen LogP contribution in [0, 0.1) is 5.92 Å². The molecule has 0 radical (unpaired) electrons. The zero-order chi connectivity index (χ0) is 9.23. The monoisotopic (exact) mass is 167 g/mol. The summed E-state index contributed by atoms with van der Waals surface area (Å²) < 4.78 is 0. The lowest BCUT2D eigenvalue weighted by molar-refractivity contribution is 0.571. The molecule has 0 fully saturated rings. The molecule has 0 unspecified atom stereocenters. The molecular formula is C11H21N. The SMILES string of the molecule is CC[C@H](C)C/C=C/CC/C=N\C. The molecule has 1 heteroatoms. The summed E-state index contributed by atoms with van der Waals surface area (Å²) in [6.07, 6.45) is 11.2. The zero-order valence-corrected chi connectivity index (χ0v) is 8.59. The van der Waals surface area contributed by atoms with Crippen LogP contribution < -0.4 is 0 Å². The van der Waals surface area contributed by atoms with Gasteiger partial charge in [-0.25, -0.2) is 0 Å². The number of rotatable bonds is 6. The lowest BCUT2D eigenvalue weighted by Gasteiger charge is -2.01. The van der Waals surface area contributed by atoms with Gasteiger partial charge in [-0.2, -0.15) is 0 Å². The molecule has 0 aromatic carbocycles. The number of hydrogen-bond donors (Lipinski definition) is 0. The third-order valence-electron chi connectivity index (χ3n) is 2.05. The first-order chi connectivity index (χ1) is 5.81. The van der Waals surface area contributed by atoms with E-state index in [0.717, 1.165) is 18.8 Å². The molecule has 0 aliphatic rings. The molecule has 12 heavy (non-hydrogen) atoms. The molecule has 0 bridgehead atoms. The van der Waals surface area contributed by atoms with Gasteiger partial charge in [-0.05, 0) is 31.4 Å². The minimum atomic E-state index is 0.834. The van der Waals surface area contributed by atoms with Crippen molar-refractivity contribution in [3.63, 3.8) is 0 Å². The predicted octanol–water partition coefficient (Wildman–Crippen LogP) is 3.46. The van der Waals surface area contributed by atoms with Crippen LogP contribution in [0.25, 0.3) is 0 Å². The largest absolute Gasteiger partial charge is 0.301 e. The molecule has 1 atom stereocenters. The van der Waals surface area contributed by atoms with Crippen molar-refractivity contribution in [2.75, 3.05) is 7.05 Å². The summed E-state index contributed by atoms with van der Waals surface area (Å²) in [5, 5.41) is 0. The van der Waals surface area contributed by atoms with Crippen LogP contribution in [0.4, 0.5) is 0 Å². The number of nitrogens with zero attached hydrogens (tertiary/aromatic N) is 1. The van der Waals surface area contributed by atoms with E-state index >= 15 is 0 Å². The van der Waals surface area contributed by atoms with Crippen LogP contribution in [0.1, 0.15) is 39.5 Å². The highest BCUT2D eigenvalue weighted by atomic mass is 14.6. The summed E-state index contributed by atoms with van der Waals surface area (Å²) in [6, 6.07) is 0. The van der Waals surface area contributed by atoms with Crippen molar-refractivity contribution in [3.8, 4) is 0 Å². The van der Waals surface area contributed by atoms with Crippen molar-refractivity contribution in [2.45, 2.75) is 39.5 Å². The van der Waals surface area contributed by atoms with E-state index in [4.69, 9.17) is 0 Å². The molecule has 0 saturated carbocycles. The second-order valence-corrected chi connectivity index (χ2v) is 3.24. The Kier molecular flexibility index (Phi) is 8.09. The molecule has 0 amide bonds. The van der Waals surface area contributed by atoms with Crippen molar-refractivity contribution in [1.29, 1.82) is 0 Å². The lowest BCUT2D eigenvalue weighted by atomic mass is 10.1. The number of unbranched alkanes of at least 4 members (excludes halogenated alkanes) is 1. The maximum atomic E-state index is 3.93. The smallest absolute Gasteiger partial charge is 0.0273 e. The second kappa shape index (κ2) is 8.51. The fourth-order valence-electron chi connectivity index (χ4n) is 0.913. The van der Waals surface area contributed by atoms with Crippen molar-refractivity contribution in [2.24, 2.45) is 10.9 Å². The van der Waals surface area contributed by atoms with Crippen LogP contribution in [0.3, 0.4) is 0 Å². The first kappa shape index (κ1) is 11.4. The summed E-state index contributed by atoms with van der Waals surface area (Å²) in [7, 11) is 1.82. The minimum absolute atomic E-state index is 0.834. The van der Waals surface area contributed by atoms with Gasteiger partial charge in [-0.3, -0.25) is 0 Å². The van der Waals surface area contributed by atoms with Gasteiger partial charge in [0.1, 0.15) is 0 Å². The molecule has 0 aromatic heterocycles. The highest BCUT2D eigenvalue weighted by Crippen LogP contribution is 2.06. The maximum Gasteiger partial charge on any atom is 0.0273 e. The number of aliphatic imine (C=N–C) groups is 1.